The molecular formula is C22H36N4O. The topological polar surface area (TPSA) is 38.8 Å². The highest BCUT2D eigenvalue weighted by Gasteiger charge is 2.26. The van der Waals surface area contributed by atoms with E-state index >= 15 is 0 Å². The molecule has 0 bridgehead atoms. The van der Waals surface area contributed by atoms with E-state index in [0.29, 0.717) is 12.1 Å². The Balaban J connectivity index is 1.64. The molecule has 0 atom stereocenters. The summed E-state index contributed by atoms with van der Waals surface area (Å²) < 4.78 is 0. The monoisotopic (exact) mass is 372 g/mol. The maximum atomic E-state index is 13.1. The summed E-state index contributed by atoms with van der Waals surface area (Å²) in [7, 11) is 0. The van der Waals surface area contributed by atoms with Gasteiger partial charge < -0.3 is 15.1 Å². The van der Waals surface area contributed by atoms with Crippen LogP contribution < -0.4 is 10.2 Å². The van der Waals surface area contributed by atoms with E-state index in [1.165, 1.54) is 5.69 Å². The molecule has 5 heteroatoms. The fourth-order valence-corrected chi connectivity index (χ4v) is 4.29. The number of carbonyl (C=O) groups is 1. The Morgan fingerprint density at radius 2 is 1.74 bits per heavy atom. The van der Waals surface area contributed by atoms with Crippen LogP contribution in [0.1, 0.15) is 50.4 Å². The van der Waals surface area contributed by atoms with Crippen molar-refractivity contribution in [3.8, 4) is 0 Å². The van der Waals surface area contributed by atoms with E-state index in [1.807, 2.05) is 12.1 Å². The highest BCUT2D eigenvalue weighted by molar-refractivity contribution is 5.94. The molecule has 0 aromatic heterocycles. The van der Waals surface area contributed by atoms with Crippen LogP contribution in [0.2, 0.25) is 0 Å². The van der Waals surface area contributed by atoms with Crippen molar-refractivity contribution < 1.29 is 4.79 Å². The van der Waals surface area contributed by atoms with Gasteiger partial charge in [0.05, 0.1) is 0 Å². The molecule has 2 heterocycles. The van der Waals surface area contributed by atoms with Gasteiger partial charge in [-0.25, -0.2) is 0 Å². The van der Waals surface area contributed by atoms with E-state index in [4.69, 9.17) is 0 Å². The molecule has 5 nitrogen and oxygen atoms in total. The van der Waals surface area contributed by atoms with Gasteiger partial charge in [-0.2, -0.15) is 0 Å². The SMILES string of the molecule is CCCN(C(=O)c1ccc(N2CCN(C(C)C)CC2)cc1)C1CCNCC1. The van der Waals surface area contributed by atoms with Gasteiger partial charge in [0.25, 0.3) is 5.91 Å². The lowest BCUT2D eigenvalue weighted by Gasteiger charge is -2.38. The third-order valence-corrected chi connectivity index (χ3v) is 6.00. The van der Waals surface area contributed by atoms with Crippen molar-refractivity contribution in [2.45, 2.75) is 52.1 Å². The van der Waals surface area contributed by atoms with Crippen molar-refractivity contribution in [2.24, 2.45) is 0 Å². The number of nitrogens with zero attached hydrogens (tertiary/aromatic N) is 3. The quantitative estimate of drug-likeness (QED) is 0.833. The van der Waals surface area contributed by atoms with Crippen LogP contribution in [0.25, 0.3) is 0 Å². The van der Waals surface area contributed by atoms with Gasteiger partial charge in [0, 0.05) is 56.1 Å². The second kappa shape index (κ2) is 9.56. The van der Waals surface area contributed by atoms with Gasteiger partial charge in [-0.1, -0.05) is 6.92 Å². The molecule has 0 aliphatic carbocycles. The molecule has 27 heavy (non-hydrogen) atoms. The number of amides is 1. The molecule has 1 aromatic carbocycles. The Morgan fingerprint density at radius 3 is 2.30 bits per heavy atom. The molecule has 0 saturated carbocycles. The number of piperazine rings is 1. The molecule has 0 unspecified atom stereocenters. The van der Waals surface area contributed by atoms with E-state index in [0.717, 1.165) is 70.6 Å². The summed E-state index contributed by atoms with van der Waals surface area (Å²) in [6.07, 6.45) is 3.13. The molecule has 2 fully saturated rings. The maximum absolute atomic E-state index is 13.1. The fraction of sp³-hybridized carbons (Fsp3) is 0.682. The van der Waals surface area contributed by atoms with Crippen molar-refractivity contribution in [1.29, 1.82) is 0 Å². The minimum absolute atomic E-state index is 0.194. The first-order valence-corrected chi connectivity index (χ1v) is 10.7. The third-order valence-electron chi connectivity index (χ3n) is 6.00. The number of piperidine rings is 1. The number of anilines is 1. The zero-order chi connectivity index (χ0) is 19.2. The summed E-state index contributed by atoms with van der Waals surface area (Å²) in [6, 6.07) is 9.30. The number of nitrogens with one attached hydrogen (secondary N) is 1. The van der Waals surface area contributed by atoms with Gasteiger partial charge >= 0.3 is 0 Å². The summed E-state index contributed by atoms with van der Waals surface area (Å²) in [5, 5.41) is 3.40. The van der Waals surface area contributed by atoms with Crippen molar-refractivity contribution in [2.75, 3.05) is 50.7 Å². The fourth-order valence-electron chi connectivity index (χ4n) is 4.29. The lowest BCUT2D eigenvalue weighted by Crippen LogP contribution is -2.49. The number of rotatable bonds is 6. The van der Waals surface area contributed by atoms with E-state index in [-0.39, 0.29) is 5.91 Å². The maximum Gasteiger partial charge on any atom is 0.254 e. The molecule has 1 aromatic rings. The van der Waals surface area contributed by atoms with Crippen LogP contribution in [-0.2, 0) is 0 Å². The van der Waals surface area contributed by atoms with E-state index in [9.17, 15) is 4.79 Å². The first-order chi connectivity index (χ1) is 13.1. The first-order valence-electron chi connectivity index (χ1n) is 10.7. The van der Waals surface area contributed by atoms with Crippen LogP contribution >= 0.6 is 0 Å². The van der Waals surface area contributed by atoms with Gasteiger partial charge in [-0.05, 0) is 70.5 Å². The molecule has 2 aliphatic heterocycles. The zero-order valence-electron chi connectivity index (χ0n) is 17.3. The number of carbonyl (C=O) groups excluding carboxylic acids is 1. The lowest BCUT2D eigenvalue weighted by molar-refractivity contribution is 0.0642. The van der Waals surface area contributed by atoms with Crippen molar-refractivity contribution in [3.63, 3.8) is 0 Å². The molecular weight excluding hydrogens is 336 g/mol. The molecule has 150 valence electrons. The summed E-state index contributed by atoms with van der Waals surface area (Å²) in [6.45, 7) is 13.9. The first kappa shape index (κ1) is 20.2. The highest BCUT2D eigenvalue weighted by atomic mass is 16.2. The Labute approximate surface area is 164 Å². The Bertz CT molecular complexity index is 587. The zero-order valence-corrected chi connectivity index (χ0v) is 17.3. The minimum Gasteiger partial charge on any atom is -0.369 e. The lowest BCUT2D eigenvalue weighted by atomic mass is 10.0. The highest BCUT2D eigenvalue weighted by Crippen LogP contribution is 2.21. The van der Waals surface area contributed by atoms with E-state index < -0.39 is 0 Å². The third kappa shape index (κ3) is 5.02. The smallest absolute Gasteiger partial charge is 0.254 e. The Hall–Kier alpha value is -1.59. The van der Waals surface area contributed by atoms with Crippen LogP contribution in [0, 0.1) is 0 Å². The van der Waals surface area contributed by atoms with Crippen LogP contribution in [0.15, 0.2) is 24.3 Å². The Kier molecular flexibility index (Phi) is 7.13. The molecule has 0 radical (unpaired) electrons. The second-order valence-electron chi connectivity index (χ2n) is 8.14. The molecule has 3 rings (SSSR count). The van der Waals surface area contributed by atoms with Crippen molar-refractivity contribution in [1.82, 2.24) is 15.1 Å². The normalized spacial score (nSPS) is 19.5. The average Bonchev–Trinajstić information content (AvgIpc) is 2.72. The standard InChI is InChI=1S/C22H36N4O/c1-4-13-26(21-9-11-23-12-10-21)22(27)19-5-7-20(8-6-19)25-16-14-24(15-17-25)18(2)3/h5-8,18,21,23H,4,9-17H2,1-3H3. The predicted octanol–water partition coefficient (Wildman–Crippen LogP) is 2.82. The second-order valence-corrected chi connectivity index (χ2v) is 8.14. The molecule has 2 saturated heterocycles. The Morgan fingerprint density at radius 1 is 1.11 bits per heavy atom. The largest absolute Gasteiger partial charge is 0.369 e. The van der Waals surface area contributed by atoms with Gasteiger partial charge in [0.2, 0.25) is 0 Å². The van der Waals surface area contributed by atoms with Gasteiger partial charge in [0.1, 0.15) is 0 Å². The molecule has 0 spiro atoms. The average molecular weight is 373 g/mol. The molecule has 1 amide bonds. The van der Waals surface area contributed by atoms with Gasteiger partial charge in [0.15, 0.2) is 0 Å². The van der Waals surface area contributed by atoms with Crippen LogP contribution in [0.3, 0.4) is 0 Å². The van der Waals surface area contributed by atoms with Crippen LogP contribution in [-0.4, -0.2) is 73.6 Å². The van der Waals surface area contributed by atoms with Crippen LogP contribution in [0.4, 0.5) is 5.69 Å². The van der Waals surface area contributed by atoms with E-state index in [1.54, 1.807) is 0 Å². The van der Waals surface area contributed by atoms with Gasteiger partial charge in [-0.15, -0.1) is 0 Å². The predicted molar refractivity (Wildman–Crippen MR) is 113 cm³/mol. The molecule has 2 aliphatic rings. The van der Waals surface area contributed by atoms with Crippen molar-refractivity contribution in [3.05, 3.63) is 29.8 Å². The summed E-state index contributed by atoms with van der Waals surface area (Å²) >= 11 is 0. The number of benzene rings is 1. The van der Waals surface area contributed by atoms with E-state index in [2.05, 4.69) is 52.9 Å². The summed E-state index contributed by atoms with van der Waals surface area (Å²) in [5.41, 5.74) is 2.06. The molecule has 1 N–H and O–H groups in total. The van der Waals surface area contributed by atoms with Crippen LogP contribution in [0.5, 0.6) is 0 Å². The number of hydrogen-bond acceptors (Lipinski definition) is 4. The summed E-state index contributed by atoms with van der Waals surface area (Å²) in [5.74, 6) is 0.194. The van der Waals surface area contributed by atoms with Crippen molar-refractivity contribution >= 4 is 11.6 Å². The minimum atomic E-state index is 0.194. The van der Waals surface area contributed by atoms with Gasteiger partial charge in [-0.3, -0.25) is 9.69 Å². The summed E-state index contributed by atoms with van der Waals surface area (Å²) in [4.78, 5) is 20.2. The number of hydrogen-bond donors (Lipinski definition) is 1.